The summed E-state index contributed by atoms with van der Waals surface area (Å²) in [5, 5.41) is 23.3. The van der Waals surface area contributed by atoms with Gasteiger partial charge in [0.05, 0.1) is 24.8 Å². The van der Waals surface area contributed by atoms with Gasteiger partial charge in [0.2, 0.25) is 0 Å². The van der Waals surface area contributed by atoms with Crippen LogP contribution in [0.3, 0.4) is 0 Å². The zero-order valence-corrected chi connectivity index (χ0v) is 15.7. The number of alkyl halides is 3. The maximum absolute atomic E-state index is 12.5. The monoisotopic (exact) mass is 407 g/mol. The molecule has 0 aliphatic carbocycles. The molecule has 0 amide bonds. The van der Waals surface area contributed by atoms with E-state index in [9.17, 15) is 23.5 Å². The minimum absolute atomic E-state index is 0.106. The fraction of sp³-hybridized carbons (Fsp3) is 0.350. The Morgan fingerprint density at radius 1 is 1.17 bits per heavy atom. The lowest BCUT2D eigenvalue weighted by Gasteiger charge is -2.36. The molecule has 0 aromatic heterocycles. The van der Waals surface area contributed by atoms with Crippen LogP contribution >= 0.6 is 0 Å². The van der Waals surface area contributed by atoms with Gasteiger partial charge in [0, 0.05) is 37.8 Å². The van der Waals surface area contributed by atoms with Crippen LogP contribution in [-0.2, 0) is 0 Å². The molecule has 1 fully saturated rings. The normalized spacial score (nSPS) is 16.1. The molecule has 9 heteroatoms. The van der Waals surface area contributed by atoms with Crippen molar-refractivity contribution in [2.24, 2.45) is 0 Å². The summed E-state index contributed by atoms with van der Waals surface area (Å²) in [4.78, 5) is 2.09. The van der Waals surface area contributed by atoms with Crippen molar-refractivity contribution >= 4 is 0 Å². The number of nitriles is 1. The molecule has 0 spiro atoms. The summed E-state index contributed by atoms with van der Waals surface area (Å²) < 4.78 is 46.5. The number of nitrogens with one attached hydrogen (secondary N) is 1. The smallest absolute Gasteiger partial charge is 0.504 e. The number of piperazine rings is 1. The van der Waals surface area contributed by atoms with Gasteiger partial charge in [-0.15, -0.1) is 13.2 Å². The van der Waals surface area contributed by atoms with Crippen molar-refractivity contribution in [2.45, 2.75) is 12.4 Å². The number of rotatable bonds is 5. The van der Waals surface area contributed by atoms with Crippen molar-refractivity contribution in [2.75, 3.05) is 33.3 Å². The van der Waals surface area contributed by atoms with E-state index in [-0.39, 0.29) is 17.2 Å². The number of nitrogens with zero attached hydrogens (tertiary/aromatic N) is 2. The summed E-state index contributed by atoms with van der Waals surface area (Å²) >= 11 is 0. The Morgan fingerprint density at radius 2 is 1.83 bits per heavy atom. The first-order chi connectivity index (χ1) is 13.8. The van der Waals surface area contributed by atoms with Crippen LogP contribution < -0.4 is 14.8 Å². The number of halogens is 3. The molecule has 0 unspecified atom stereocenters. The lowest BCUT2D eigenvalue weighted by atomic mass is 9.93. The number of aromatic hydroxyl groups is 1. The Kier molecular flexibility index (Phi) is 6.15. The van der Waals surface area contributed by atoms with E-state index < -0.39 is 12.4 Å². The number of hydrogen-bond donors (Lipinski definition) is 2. The van der Waals surface area contributed by atoms with E-state index >= 15 is 0 Å². The van der Waals surface area contributed by atoms with E-state index in [1.165, 1.54) is 37.4 Å². The summed E-state index contributed by atoms with van der Waals surface area (Å²) in [6.07, 6.45) is -4.77. The number of benzene rings is 2. The van der Waals surface area contributed by atoms with Crippen molar-refractivity contribution in [1.82, 2.24) is 10.2 Å². The maximum atomic E-state index is 12.5. The van der Waals surface area contributed by atoms with Crippen LogP contribution in [0.2, 0.25) is 0 Å². The average Bonchev–Trinajstić information content (AvgIpc) is 2.70. The minimum Gasteiger partial charge on any atom is -0.504 e. The third kappa shape index (κ3) is 4.91. The van der Waals surface area contributed by atoms with Crippen molar-refractivity contribution in [3.63, 3.8) is 0 Å². The summed E-state index contributed by atoms with van der Waals surface area (Å²) in [7, 11) is 1.39. The highest BCUT2D eigenvalue weighted by Gasteiger charge is 2.32. The molecule has 2 aromatic rings. The second-order valence-electron chi connectivity index (χ2n) is 6.53. The molecular weight excluding hydrogens is 387 g/mol. The molecule has 1 heterocycles. The molecule has 1 saturated heterocycles. The molecule has 2 aromatic carbocycles. The van der Waals surface area contributed by atoms with Gasteiger partial charge < -0.3 is 19.9 Å². The highest BCUT2D eigenvalue weighted by Crippen LogP contribution is 2.41. The zero-order valence-electron chi connectivity index (χ0n) is 15.7. The Balaban J connectivity index is 2.06. The third-order valence-corrected chi connectivity index (χ3v) is 4.69. The molecule has 1 aliphatic rings. The number of methoxy groups -OCH3 is 1. The van der Waals surface area contributed by atoms with Crippen LogP contribution in [0.1, 0.15) is 22.7 Å². The van der Waals surface area contributed by atoms with Crippen LogP contribution in [-0.4, -0.2) is 49.7 Å². The Labute approximate surface area is 166 Å². The van der Waals surface area contributed by atoms with Crippen molar-refractivity contribution < 1.29 is 27.8 Å². The predicted octanol–water partition coefficient (Wildman–Crippen LogP) is 3.17. The second-order valence-corrected chi connectivity index (χ2v) is 6.53. The molecular formula is C20H20F3N3O3. The number of phenols is 1. The molecule has 0 radical (unpaired) electrons. The quantitative estimate of drug-likeness (QED) is 0.793. The summed E-state index contributed by atoms with van der Waals surface area (Å²) in [5.41, 5.74) is 1.42. The van der Waals surface area contributed by atoms with Crippen LogP contribution in [0.15, 0.2) is 36.4 Å². The van der Waals surface area contributed by atoms with Gasteiger partial charge in [-0.25, -0.2) is 0 Å². The third-order valence-electron chi connectivity index (χ3n) is 4.69. The van der Waals surface area contributed by atoms with E-state index in [1.54, 1.807) is 6.07 Å². The van der Waals surface area contributed by atoms with E-state index in [0.717, 1.165) is 13.1 Å². The van der Waals surface area contributed by atoms with Gasteiger partial charge in [-0.2, -0.15) is 5.26 Å². The van der Waals surface area contributed by atoms with E-state index in [4.69, 9.17) is 4.74 Å². The molecule has 29 heavy (non-hydrogen) atoms. The van der Waals surface area contributed by atoms with Crippen LogP contribution in [0, 0.1) is 11.3 Å². The van der Waals surface area contributed by atoms with Gasteiger partial charge in [-0.05, 0) is 23.8 Å². The predicted molar refractivity (Wildman–Crippen MR) is 98.8 cm³/mol. The standard InChI is InChI=1S/C20H20F3N3O3/c1-28-17-11-13(12-24)10-16(19(17)27)18(26-8-6-25-7-9-26)14-2-4-15(5-3-14)29-20(21,22)23/h2-5,10-11,18,25,27H,6-9H2,1H3/t18-/m1/s1. The fourth-order valence-corrected chi connectivity index (χ4v) is 3.44. The largest absolute Gasteiger partial charge is 0.573 e. The van der Waals surface area contributed by atoms with Crippen LogP contribution in [0.25, 0.3) is 0 Å². The van der Waals surface area contributed by atoms with Crippen molar-refractivity contribution in [3.05, 3.63) is 53.1 Å². The van der Waals surface area contributed by atoms with Crippen molar-refractivity contribution in [1.29, 1.82) is 5.26 Å². The SMILES string of the molecule is COc1cc(C#N)cc([C@@H](c2ccc(OC(F)(F)F)cc2)N2CCNCC2)c1O. The summed E-state index contributed by atoms with van der Waals surface area (Å²) in [6, 6.07) is 10.1. The van der Waals surface area contributed by atoms with Gasteiger partial charge in [-0.3, -0.25) is 4.90 Å². The van der Waals surface area contributed by atoms with Crippen LogP contribution in [0.4, 0.5) is 13.2 Å². The number of phenolic OH excluding ortho intramolecular Hbond substituents is 1. The average molecular weight is 407 g/mol. The first-order valence-corrected chi connectivity index (χ1v) is 8.94. The maximum Gasteiger partial charge on any atom is 0.573 e. The highest BCUT2D eigenvalue weighted by molar-refractivity contribution is 5.55. The van der Waals surface area contributed by atoms with Gasteiger partial charge in [0.15, 0.2) is 11.5 Å². The van der Waals surface area contributed by atoms with Crippen molar-refractivity contribution in [3.8, 4) is 23.3 Å². The van der Waals surface area contributed by atoms with Gasteiger partial charge in [0.1, 0.15) is 5.75 Å². The van der Waals surface area contributed by atoms with E-state index in [1.807, 2.05) is 6.07 Å². The molecule has 0 saturated carbocycles. The first kappa shape index (κ1) is 20.8. The lowest BCUT2D eigenvalue weighted by Crippen LogP contribution is -2.45. The molecule has 0 bridgehead atoms. The molecule has 1 aliphatic heterocycles. The van der Waals surface area contributed by atoms with E-state index in [2.05, 4.69) is 15.0 Å². The Hall–Kier alpha value is -2.96. The van der Waals surface area contributed by atoms with E-state index in [0.29, 0.717) is 29.8 Å². The Bertz CT molecular complexity index is 889. The molecule has 3 rings (SSSR count). The molecule has 1 atom stereocenters. The summed E-state index contributed by atoms with van der Waals surface area (Å²) in [5.74, 6) is -0.269. The van der Waals surface area contributed by atoms with Gasteiger partial charge >= 0.3 is 6.36 Å². The van der Waals surface area contributed by atoms with Gasteiger partial charge in [0.25, 0.3) is 0 Å². The van der Waals surface area contributed by atoms with Crippen LogP contribution in [0.5, 0.6) is 17.2 Å². The second kappa shape index (κ2) is 8.59. The number of hydrogen-bond acceptors (Lipinski definition) is 6. The fourth-order valence-electron chi connectivity index (χ4n) is 3.44. The first-order valence-electron chi connectivity index (χ1n) is 8.94. The number of ether oxygens (including phenoxy) is 2. The Morgan fingerprint density at radius 3 is 2.38 bits per heavy atom. The highest BCUT2D eigenvalue weighted by atomic mass is 19.4. The summed E-state index contributed by atoms with van der Waals surface area (Å²) in [6.45, 7) is 2.76. The zero-order chi connectivity index (χ0) is 21.0. The molecule has 2 N–H and O–H groups in total. The lowest BCUT2D eigenvalue weighted by molar-refractivity contribution is -0.274. The molecule has 6 nitrogen and oxygen atoms in total. The molecule has 154 valence electrons. The topological polar surface area (TPSA) is 77.8 Å². The van der Waals surface area contributed by atoms with Gasteiger partial charge in [-0.1, -0.05) is 12.1 Å². The minimum atomic E-state index is -4.77.